The molecule has 0 bridgehead atoms. The van der Waals surface area contributed by atoms with Gasteiger partial charge in [0.2, 0.25) is 5.43 Å². The number of hydrogen-bond donors (Lipinski definition) is 2. The van der Waals surface area contributed by atoms with E-state index >= 15 is 0 Å². The molecular weight excluding hydrogens is 371 g/mol. The summed E-state index contributed by atoms with van der Waals surface area (Å²) in [6.07, 6.45) is 6.15. The number of aromatic nitrogens is 4. The summed E-state index contributed by atoms with van der Waals surface area (Å²) in [7, 11) is 0. The second kappa shape index (κ2) is 6.56. The van der Waals surface area contributed by atoms with E-state index in [1.807, 2.05) is 31.2 Å². The van der Waals surface area contributed by atoms with E-state index in [-0.39, 0.29) is 10.8 Å². The maximum absolute atomic E-state index is 14.6. The van der Waals surface area contributed by atoms with E-state index in [1.54, 1.807) is 6.20 Å². The van der Waals surface area contributed by atoms with Gasteiger partial charge in [-0.15, -0.1) is 0 Å². The van der Waals surface area contributed by atoms with Gasteiger partial charge < -0.3 is 14.4 Å². The lowest BCUT2D eigenvalue weighted by atomic mass is 10.0. The minimum atomic E-state index is -0.517. The number of imidazole rings is 2. The minimum Gasteiger partial charge on any atom is -0.463 e. The molecule has 0 spiro atoms. The fraction of sp³-hybridized carbons (Fsp3) is 0.0455. The van der Waals surface area contributed by atoms with Crippen molar-refractivity contribution in [2.24, 2.45) is 0 Å². The average molecular weight is 386 g/mol. The van der Waals surface area contributed by atoms with E-state index in [9.17, 15) is 9.18 Å². The monoisotopic (exact) mass is 386 g/mol. The number of H-pyrrole nitrogens is 2. The Morgan fingerprint density at radius 1 is 1.00 bits per heavy atom. The largest absolute Gasteiger partial charge is 0.463 e. The van der Waals surface area contributed by atoms with Crippen LogP contribution in [0.25, 0.3) is 44.6 Å². The highest BCUT2D eigenvalue weighted by molar-refractivity contribution is 5.85. The zero-order chi connectivity index (χ0) is 20.0. The molecule has 6 nitrogen and oxygen atoms in total. The lowest BCUT2D eigenvalue weighted by Gasteiger charge is -2.06. The van der Waals surface area contributed by atoms with Crippen molar-refractivity contribution in [2.45, 2.75) is 6.92 Å². The van der Waals surface area contributed by atoms with Crippen molar-refractivity contribution in [2.75, 3.05) is 0 Å². The predicted octanol–water partition coefficient (Wildman–Crippen LogP) is 4.69. The molecule has 0 aliphatic carbocycles. The molecule has 0 atom stereocenters. The van der Waals surface area contributed by atoms with Crippen LogP contribution in [0.4, 0.5) is 4.39 Å². The zero-order valence-corrected chi connectivity index (χ0v) is 15.4. The van der Waals surface area contributed by atoms with Gasteiger partial charge in [-0.1, -0.05) is 24.3 Å². The lowest BCUT2D eigenvalue weighted by Crippen LogP contribution is -2.05. The molecule has 0 fully saturated rings. The van der Waals surface area contributed by atoms with Crippen molar-refractivity contribution in [3.63, 3.8) is 0 Å². The quantitative estimate of drug-likeness (QED) is 0.471. The Labute approximate surface area is 164 Å². The second-order valence-corrected chi connectivity index (χ2v) is 6.73. The summed E-state index contributed by atoms with van der Waals surface area (Å²) >= 11 is 0. The van der Waals surface area contributed by atoms with Crippen molar-refractivity contribution in [3.05, 3.63) is 83.2 Å². The Hall–Kier alpha value is -4.00. The molecule has 0 saturated heterocycles. The number of nitrogens with zero attached hydrogens (tertiary/aromatic N) is 2. The SMILES string of the molecule is Cc1ncc(-c2ccc(-c3coc4cc(-c5cnc[nH]5)c(F)cc4c3=O)cc2)[nH]1. The third kappa shape index (κ3) is 2.93. The molecule has 142 valence electrons. The van der Waals surface area contributed by atoms with Gasteiger partial charge in [0.05, 0.1) is 41.1 Å². The van der Waals surface area contributed by atoms with Crippen LogP contribution < -0.4 is 5.43 Å². The number of halogens is 1. The molecule has 3 aromatic heterocycles. The first-order valence-corrected chi connectivity index (χ1v) is 8.96. The fourth-order valence-corrected chi connectivity index (χ4v) is 3.35. The van der Waals surface area contributed by atoms with Crippen molar-refractivity contribution in [3.8, 4) is 33.6 Å². The van der Waals surface area contributed by atoms with Crippen molar-refractivity contribution < 1.29 is 8.81 Å². The zero-order valence-electron chi connectivity index (χ0n) is 15.4. The second-order valence-electron chi connectivity index (χ2n) is 6.73. The summed E-state index contributed by atoms with van der Waals surface area (Å²) in [5.74, 6) is 0.312. The number of aromatic amines is 2. The van der Waals surface area contributed by atoms with Gasteiger partial charge in [0.15, 0.2) is 0 Å². The molecule has 0 radical (unpaired) electrons. The smallest absolute Gasteiger partial charge is 0.200 e. The van der Waals surface area contributed by atoms with Crippen LogP contribution in [-0.2, 0) is 0 Å². The molecule has 29 heavy (non-hydrogen) atoms. The Bertz CT molecular complexity index is 1380. The molecule has 2 N–H and O–H groups in total. The maximum Gasteiger partial charge on any atom is 0.200 e. The van der Waals surface area contributed by atoms with Crippen molar-refractivity contribution in [1.29, 1.82) is 0 Å². The van der Waals surface area contributed by atoms with Gasteiger partial charge in [-0.25, -0.2) is 14.4 Å². The predicted molar refractivity (Wildman–Crippen MR) is 108 cm³/mol. The topological polar surface area (TPSA) is 87.6 Å². The van der Waals surface area contributed by atoms with Gasteiger partial charge in [0.25, 0.3) is 0 Å². The van der Waals surface area contributed by atoms with E-state index < -0.39 is 5.82 Å². The lowest BCUT2D eigenvalue weighted by molar-refractivity contribution is 0.599. The van der Waals surface area contributed by atoms with Crippen molar-refractivity contribution >= 4 is 11.0 Å². The van der Waals surface area contributed by atoms with E-state index in [0.717, 1.165) is 17.1 Å². The Morgan fingerprint density at radius 3 is 2.48 bits per heavy atom. The van der Waals surface area contributed by atoms with E-state index in [1.165, 1.54) is 30.9 Å². The average Bonchev–Trinajstić information content (AvgIpc) is 3.41. The highest BCUT2D eigenvalue weighted by Crippen LogP contribution is 2.28. The molecule has 2 aromatic carbocycles. The van der Waals surface area contributed by atoms with Gasteiger partial charge in [0, 0.05) is 5.56 Å². The molecule has 0 aliphatic rings. The van der Waals surface area contributed by atoms with Crippen LogP contribution in [-0.4, -0.2) is 19.9 Å². The number of benzene rings is 2. The van der Waals surface area contributed by atoms with Crippen LogP contribution in [0.1, 0.15) is 5.82 Å². The molecule has 7 heteroatoms. The summed E-state index contributed by atoms with van der Waals surface area (Å²) in [5, 5.41) is 0.191. The van der Waals surface area contributed by atoms with Gasteiger partial charge in [-0.3, -0.25) is 4.79 Å². The first kappa shape index (κ1) is 17.1. The highest BCUT2D eigenvalue weighted by atomic mass is 19.1. The third-order valence-corrected chi connectivity index (χ3v) is 4.86. The van der Waals surface area contributed by atoms with Crippen LogP contribution in [0, 0.1) is 12.7 Å². The van der Waals surface area contributed by atoms with E-state index in [4.69, 9.17) is 4.42 Å². The maximum atomic E-state index is 14.6. The van der Waals surface area contributed by atoms with Crippen LogP contribution >= 0.6 is 0 Å². The highest BCUT2D eigenvalue weighted by Gasteiger charge is 2.15. The Morgan fingerprint density at radius 2 is 1.79 bits per heavy atom. The number of nitrogens with one attached hydrogen (secondary N) is 2. The Balaban J connectivity index is 1.58. The fourth-order valence-electron chi connectivity index (χ4n) is 3.35. The molecule has 0 amide bonds. The van der Waals surface area contributed by atoms with Gasteiger partial charge >= 0.3 is 0 Å². The Kier molecular flexibility index (Phi) is 3.87. The van der Waals surface area contributed by atoms with Crippen LogP contribution in [0.2, 0.25) is 0 Å². The first-order chi connectivity index (χ1) is 14.1. The van der Waals surface area contributed by atoms with E-state index in [0.29, 0.717) is 28.0 Å². The number of rotatable bonds is 3. The molecule has 0 saturated carbocycles. The van der Waals surface area contributed by atoms with Crippen LogP contribution in [0.3, 0.4) is 0 Å². The van der Waals surface area contributed by atoms with Crippen LogP contribution in [0.15, 0.2) is 70.6 Å². The molecule has 0 unspecified atom stereocenters. The summed E-state index contributed by atoms with van der Waals surface area (Å²) in [4.78, 5) is 27.1. The summed E-state index contributed by atoms with van der Waals surface area (Å²) in [6.45, 7) is 1.88. The number of aryl methyl sites for hydroxylation is 1. The molecular formula is C22H15FN4O2. The number of fused-ring (bicyclic) bond motifs is 1. The number of hydrogen-bond acceptors (Lipinski definition) is 4. The summed E-state index contributed by atoms with van der Waals surface area (Å²) in [5.41, 5.74) is 3.76. The van der Waals surface area contributed by atoms with Gasteiger partial charge in [-0.2, -0.15) is 0 Å². The van der Waals surface area contributed by atoms with Gasteiger partial charge in [0.1, 0.15) is 23.5 Å². The van der Waals surface area contributed by atoms with E-state index in [2.05, 4.69) is 19.9 Å². The van der Waals surface area contributed by atoms with Crippen molar-refractivity contribution in [1.82, 2.24) is 19.9 Å². The molecule has 0 aliphatic heterocycles. The summed E-state index contributed by atoms with van der Waals surface area (Å²) < 4.78 is 20.3. The van der Waals surface area contributed by atoms with Gasteiger partial charge in [-0.05, 0) is 30.2 Å². The first-order valence-electron chi connectivity index (χ1n) is 8.96. The molecule has 5 aromatic rings. The third-order valence-electron chi connectivity index (χ3n) is 4.86. The van der Waals surface area contributed by atoms with Crippen LogP contribution in [0.5, 0.6) is 0 Å². The minimum absolute atomic E-state index is 0.191. The molecule has 5 rings (SSSR count). The summed E-state index contributed by atoms with van der Waals surface area (Å²) in [6, 6.07) is 10.2. The molecule has 3 heterocycles. The standard InChI is InChI=1S/C22H15FN4O2/c1-12-25-9-19(27-12)14-4-2-13(3-5-14)17-10-29-21-7-15(20-8-24-11-26-20)18(23)6-16(21)22(17)28/h2-11H,1H3,(H,24,26)(H,25,27). The normalized spacial score (nSPS) is 11.2.